The molecule has 1 saturated heterocycles. The zero-order valence-corrected chi connectivity index (χ0v) is 48.9. The van der Waals surface area contributed by atoms with E-state index in [-0.39, 0.29) is 117 Å². The van der Waals surface area contributed by atoms with Crippen LogP contribution in [0.3, 0.4) is 0 Å². The maximum atomic E-state index is 14.2. The number of amides is 6. The Labute approximate surface area is 493 Å². The maximum absolute atomic E-state index is 14.2. The number of phenols is 1. The zero-order chi connectivity index (χ0) is 57.6. The first kappa shape index (κ1) is 68.7. The van der Waals surface area contributed by atoms with Crippen molar-refractivity contribution in [3.8, 4) is 5.75 Å². The molecular weight excluding hydrogens is 1190 g/mol. The Hall–Kier alpha value is -5.55. The van der Waals surface area contributed by atoms with Crippen LogP contribution in [0.15, 0.2) is 65.7 Å². The van der Waals surface area contributed by atoms with E-state index < -0.39 is 59.9 Å². The third kappa shape index (κ3) is 25.1. The molecule has 6 amide bonds. The summed E-state index contributed by atoms with van der Waals surface area (Å²) >= 11 is 1.96. The normalized spacial score (nSPS) is 18.5. The average molecular weight is 1270 g/mol. The number of likely N-dealkylation sites (N-methyl/N-ethyl adjacent to an activating group) is 1. The van der Waals surface area contributed by atoms with Crippen molar-refractivity contribution in [3.05, 3.63) is 86.8 Å². The minimum atomic E-state index is -1.22. The van der Waals surface area contributed by atoms with E-state index in [1.54, 1.807) is 19.2 Å². The maximum Gasteiger partial charge on any atom is 0.243 e. The summed E-state index contributed by atoms with van der Waals surface area (Å²) in [6.45, 7) is 6.94. The molecule has 1 fully saturated rings. The van der Waals surface area contributed by atoms with Gasteiger partial charge in [0.1, 0.15) is 24.1 Å². The van der Waals surface area contributed by atoms with Gasteiger partial charge in [-0.15, -0.1) is 13.1 Å². The summed E-state index contributed by atoms with van der Waals surface area (Å²) in [7, 11) is 1.60. The fourth-order valence-corrected chi connectivity index (χ4v) is 9.41. The molecule has 3 aromatic rings. The minimum Gasteiger partial charge on any atom is -0.677 e. The number of guanidine groups is 1. The van der Waals surface area contributed by atoms with Gasteiger partial charge in [0.2, 0.25) is 35.4 Å². The molecule has 0 saturated carbocycles. The number of halogens is 1. The number of aromatic hydroxyl groups is 1. The minimum absolute atomic E-state index is 0. The van der Waals surface area contributed by atoms with Gasteiger partial charge in [0, 0.05) is 107 Å². The number of carbonyl (C=O) groups is 7. The molecule has 0 aromatic heterocycles. The zero-order valence-electron chi connectivity index (χ0n) is 45.8. The predicted molar refractivity (Wildman–Crippen MR) is 315 cm³/mol. The number of aliphatic imine (C=N–C) groups is 1. The van der Waals surface area contributed by atoms with Crippen molar-refractivity contribution in [2.24, 2.45) is 21.9 Å². The molecule has 447 valence electrons. The van der Waals surface area contributed by atoms with Gasteiger partial charge in [0.05, 0.1) is 22.2 Å². The first-order valence-electron chi connectivity index (χ1n) is 26.9. The fourth-order valence-electron chi connectivity index (χ4n) is 8.83. The molecule has 80 heavy (non-hydrogen) atoms. The van der Waals surface area contributed by atoms with Gasteiger partial charge in [-0.3, -0.25) is 33.8 Å². The molecule has 18 N–H and O–H groups in total. The SMILES string of the molecule is CN[C@H](CCCNC(=O)CCCC(=O)NC1(C[NH-])CNCCNCC(C)(C[NH-])CNCCNC1)C(=O)NC(CCCN=C(N)N)C(=O)N[C@@H](Cc1ccc2ccccc2c1)C(=O)NCC(=O)N[C@@H](C=O)Cc1ccc(O)c(I)c1.[Cu]. The van der Waals surface area contributed by atoms with Crippen molar-refractivity contribution in [3.63, 3.8) is 0 Å². The van der Waals surface area contributed by atoms with E-state index in [0.29, 0.717) is 86.3 Å². The van der Waals surface area contributed by atoms with Crippen LogP contribution in [-0.2, 0) is 63.5 Å². The van der Waals surface area contributed by atoms with Crippen LogP contribution in [0.25, 0.3) is 22.2 Å². The van der Waals surface area contributed by atoms with E-state index in [4.69, 9.17) is 22.9 Å². The Kier molecular flexibility index (Phi) is 31.6. The molecule has 1 aliphatic rings. The number of benzene rings is 3. The van der Waals surface area contributed by atoms with Crippen LogP contribution in [0.2, 0.25) is 0 Å². The first-order valence-corrected chi connectivity index (χ1v) is 28.0. The summed E-state index contributed by atoms with van der Waals surface area (Å²) in [6, 6.07) is 14.0. The number of phenolic OH excluding ortho intramolecular Hbond substituents is 1. The molecule has 26 heteroatoms. The molecule has 24 nitrogen and oxygen atoms in total. The summed E-state index contributed by atoms with van der Waals surface area (Å²) < 4.78 is 0.577. The molecule has 3 aromatic carbocycles. The number of carbonyl (C=O) groups excluding carboxylic acids is 7. The van der Waals surface area contributed by atoms with Crippen LogP contribution in [0, 0.1) is 8.99 Å². The van der Waals surface area contributed by atoms with Crippen molar-refractivity contribution < 1.29 is 55.7 Å². The number of nitrogens with one attached hydrogen (secondary N) is 13. The molecule has 0 spiro atoms. The standard InChI is InChI=1S/C54H83IN16O8.Cu/c1-53(30-56)32-61-20-22-63-34-54(31-57,35-64-23-21-62-33-53)71-47(75)13-5-12-46(74)65-18-6-10-42(60-2)50(78)69-43(11-7-19-66-52(58)59)51(79)70-44(27-36-14-16-38-8-3-4-9-39(38)24-36)49(77)67-28-48(76)68-40(29-72)25-37-15-17-45(73)41(55)26-37;/h3-4,8-9,14-17,24,26,29,40,42-44,56-57,60-64,73H,5-7,10-13,18-23,25,27-28,30-35H2,1-2H3,(H,65,74)(H,67,77)(H,68,76)(H,69,78)(H,70,79)(H,71,75)(H4,58,59,66);/q-2;/t40-,42-,43?,44+,53?,54?;/m1./s1. The molecule has 4 rings (SSSR count). The van der Waals surface area contributed by atoms with Crippen LogP contribution in [0.1, 0.15) is 63.0 Å². The van der Waals surface area contributed by atoms with E-state index in [0.717, 1.165) is 10.8 Å². The second-order valence-corrected chi connectivity index (χ2v) is 21.5. The van der Waals surface area contributed by atoms with E-state index in [9.17, 15) is 38.7 Å². The number of nitrogens with two attached hydrogens (primary N) is 2. The Morgan fingerprint density at radius 2 is 1.31 bits per heavy atom. The molecule has 0 bridgehead atoms. The van der Waals surface area contributed by atoms with Crippen LogP contribution >= 0.6 is 22.6 Å². The van der Waals surface area contributed by atoms with Crippen molar-refractivity contribution in [1.29, 1.82) is 0 Å². The number of rotatable bonds is 29. The molecule has 1 radical (unpaired) electrons. The van der Waals surface area contributed by atoms with Gasteiger partial charge >= 0.3 is 0 Å². The van der Waals surface area contributed by atoms with Crippen LogP contribution in [0.4, 0.5) is 0 Å². The fraction of sp³-hybridized carbons (Fsp3) is 0.556. The Morgan fingerprint density at radius 3 is 1.94 bits per heavy atom. The Balaban J connectivity index is 0.0000168. The third-order valence-corrected chi connectivity index (χ3v) is 14.4. The monoisotopic (exact) mass is 1270 g/mol. The first-order chi connectivity index (χ1) is 37.9. The van der Waals surface area contributed by atoms with Crippen molar-refractivity contribution in [1.82, 2.24) is 58.5 Å². The Morgan fingerprint density at radius 1 is 0.713 bits per heavy atom. The van der Waals surface area contributed by atoms with Gasteiger partial charge in [-0.05, 0) is 108 Å². The number of hydrogen-bond donors (Lipinski definition) is 14. The number of nitrogens with zero attached hydrogens (tertiary/aromatic N) is 1. The number of hydrogen-bond acceptors (Lipinski definition) is 14. The largest absolute Gasteiger partial charge is 0.677 e. The smallest absolute Gasteiger partial charge is 0.243 e. The van der Waals surface area contributed by atoms with E-state index in [2.05, 4.69) is 70.4 Å². The van der Waals surface area contributed by atoms with E-state index in [1.165, 1.54) is 6.07 Å². The van der Waals surface area contributed by atoms with Gasteiger partial charge in [0.25, 0.3) is 0 Å². The quantitative estimate of drug-likeness (QED) is 0.0106. The van der Waals surface area contributed by atoms with Crippen molar-refractivity contribution in [2.75, 3.05) is 92.1 Å². The third-order valence-electron chi connectivity index (χ3n) is 13.5. The van der Waals surface area contributed by atoms with Gasteiger partial charge in [-0.25, -0.2) is 0 Å². The molecule has 0 aliphatic carbocycles. The van der Waals surface area contributed by atoms with E-state index >= 15 is 0 Å². The second-order valence-electron chi connectivity index (χ2n) is 20.4. The summed E-state index contributed by atoms with van der Waals surface area (Å²) in [5.74, 6) is -3.11. The van der Waals surface area contributed by atoms with Gasteiger partial charge in [0.15, 0.2) is 5.96 Å². The van der Waals surface area contributed by atoms with Crippen LogP contribution in [-0.4, -0.2) is 175 Å². The van der Waals surface area contributed by atoms with Gasteiger partial charge < -0.3 is 91.3 Å². The predicted octanol–water partition coefficient (Wildman–Crippen LogP) is -0.252. The van der Waals surface area contributed by atoms with Gasteiger partial charge in [-0.1, -0.05) is 55.5 Å². The molecular formula is C54H83CuIN16O8-2. The topological polar surface area (TPSA) is 384 Å². The summed E-state index contributed by atoms with van der Waals surface area (Å²) in [5.41, 5.74) is 27.8. The summed E-state index contributed by atoms with van der Waals surface area (Å²) in [6.07, 6.45) is 2.23. The Bertz CT molecular complexity index is 2470. The summed E-state index contributed by atoms with van der Waals surface area (Å²) in [4.78, 5) is 97.1. The molecule has 1 aliphatic heterocycles. The van der Waals surface area contributed by atoms with Crippen LogP contribution < -0.4 is 70.0 Å². The molecule has 4 atom stereocenters. The van der Waals surface area contributed by atoms with Gasteiger partial charge in [-0.2, -0.15) is 0 Å². The van der Waals surface area contributed by atoms with Crippen molar-refractivity contribution >= 4 is 81.1 Å². The van der Waals surface area contributed by atoms with Crippen molar-refractivity contribution in [2.45, 2.75) is 94.4 Å². The summed E-state index contributed by atoms with van der Waals surface area (Å²) in [5, 5.41) is 45.0. The van der Waals surface area contributed by atoms with E-state index in [1.807, 2.05) is 65.1 Å². The average Bonchev–Trinajstić information content (AvgIpc) is 3.42. The second kappa shape index (κ2) is 36.7. The number of aldehydes is 1. The number of fused-ring (bicyclic) bond motifs is 1. The molecule has 1 unspecified atom stereocenters. The van der Waals surface area contributed by atoms with Crippen LogP contribution in [0.5, 0.6) is 5.75 Å². The molecule has 1 heterocycles.